The number of halogens is 1. The molecule has 0 radical (unpaired) electrons. The van der Waals surface area contributed by atoms with Crippen molar-refractivity contribution >= 4 is 21.7 Å². The van der Waals surface area contributed by atoms with Gasteiger partial charge in [0.15, 0.2) is 0 Å². The molecule has 1 aliphatic rings. The second kappa shape index (κ2) is 6.61. The maximum Gasteiger partial charge on any atom is 0.249 e. The van der Waals surface area contributed by atoms with Crippen LogP contribution in [0.15, 0.2) is 45.5 Å². The van der Waals surface area contributed by atoms with Gasteiger partial charge in [-0.1, -0.05) is 33.2 Å². The Hall–Kier alpha value is -2.79. The van der Waals surface area contributed by atoms with Crippen molar-refractivity contribution in [1.82, 2.24) is 20.1 Å². The van der Waals surface area contributed by atoms with Gasteiger partial charge in [0.25, 0.3) is 0 Å². The molecule has 3 aromatic rings. The number of aromatic nitrogens is 4. The van der Waals surface area contributed by atoms with Crippen molar-refractivity contribution in [3.63, 3.8) is 0 Å². The highest BCUT2D eigenvalue weighted by Crippen LogP contribution is 2.35. The molecule has 4 rings (SSSR count). The first-order chi connectivity index (χ1) is 12.2. The van der Waals surface area contributed by atoms with Gasteiger partial charge in [-0.05, 0) is 31.0 Å². The Kier molecular flexibility index (Phi) is 4.15. The van der Waals surface area contributed by atoms with E-state index in [-0.39, 0.29) is 11.9 Å². The third-order valence-electron chi connectivity index (χ3n) is 4.10. The molecule has 0 N–H and O–H groups in total. The van der Waals surface area contributed by atoms with Crippen LogP contribution in [-0.2, 0) is 0 Å². The summed E-state index contributed by atoms with van der Waals surface area (Å²) in [6.45, 7) is 0.821. The number of hydrogen-bond acceptors (Lipinski definition) is 7. The molecule has 1 fully saturated rings. The van der Waals surface area contributed by atoms with E-state index in [0.29, 0.717) is 17.5 Å². The van der Waals surface area contributed by atoms with Crippen molar-refractivity contribution in [3.8, 4) is 17.5 Å². The zero-order valence-electron chi connectivity index (χ0n) is 13.1. The first kappa shape index (κ1) is 15.7. The highest BCUT2D eigenvalue weighted by Gasteiger charge is 2.32. The largest absolute Gasteiger partial charge is 0.344 e. The molecule has 0 amide bonds. The Morgan fingerprint density at radius 1 is 1.28 bits per heavy atom. The van der Waals surface area contributed by atoms with Crippen LogP contribution in [0.1, 0.15) is 30.6 Å². The summed E-state index contributed by atoms with van der Waals surface area (Å²) in [4.78, 5) is 14.9. The van der Waals surface area contributed by atoms with Gasteiger partial charge in [0, 0.05) is 22.8 Å². The summed E-state index contributed by atoms with van der Waals surface area (Å²) in [7, 11) is 0. The van der Waals surface area contributed by atoms with E-state index in [2.05, 4.69) is 40.9 Å². The molecule has 25 heavy (non-hydrogen) atoms. The van der Waals surface area contributed by atoms with E-state index in [4.69, 9.17) is 9.78 Å². The van der Waals surface area contributed by atoms with Crippen molar-refractivity contribution in [2.75, 3.05) is 11.4 Å². The number of hydrogen-bond donors (Lipinski definition) is 0. The van der Waals surface area contributed by atoms with Gasteiger partial charge in [-0.25, -0.2) is 9.97 Å². The van der Waals surface area contributed by atoms with E-state index < -0.39 is 0 Å². The second-order valence-electron chi connectivity index (χ2n) is 5.67. The van der Waals surface area contributed by atoms with Gasteiger partial charge in [0.05, 0.1) is 0 Å². The fourth-order valence-corrected chi connectivity index (χ4v) is 3.38. The number of rotatable bonds is 3. The topological polar surface area (TPSA) is 91.7 Å². The third-order valence-corrected chi connectivity index (χ3v) is 4.59. The van der Waals surface area contributed by atoms with Crippen LogP contribution in [0.5, 0.6) is 0 Å². The molecule has 1 saturated heterocycles. The maximum atomic E-state index is 9.00. The SMILES string of the molecule is N#Cc1nccc(N2CCCC2c2nc(-c3cccc(Br)c3)no2)n1. The molecule has 1 unspecified atom stereocenters. The lowest BCUT2D eigenvalue weighted by atomic mass is 10.2. The molecular weight excluding hydrogens is 384 g/mol. The van der Waals surface area contributed by atoms with Crippen molar-refractivity contribution in [1.29, 1.82) is 5.26 Å². The summed E-state index contributed by atoms with van der Waals surface area (Å²) in [6, 6.07) is 11.5. The van der Waals surface area contributed by atoms with Gasteiger partial charge in [0.2, 0.25) is 17.5 Å². The van der Waals surface area contributed by atoms with Crippen LogP contribution in [0.2, 0.25) is 0 Å². The molecule has 0 spiro atoms. The van der Waals surface area contributed by atoms with Crippen LogP contribution in [0.25, 0.3) is 11.4 Å². The third kappa shape index (κ3) is 3.10. The zero-order chi connectivity index (χ0) is 17.2. The molecule has 0 saturated carbocycles. The van der Waals surface area contributed by atoms with Gasteiger partial charge < -0.3 is 9.42 Å². The van der Waals surface area contributed by atoms with Gasteiger partial charge in [-0.2, -0.15) is 10.2 Å². The fourth-order valence-electron chi connectivity index (χ4n) is 2.98. The maximum absolute atomic E-state index is 9.00. The Morgan fingerprint density at radius 3 is 3.04 bits per heavy atom. The van der Waals surface area contributed by atoms with Crippen LogP contribution in [-0.4, -0.2) is 26.7 Å². The van der Waals surface area contributed by atoms with E-state index in [1.165, 1.54) is 0 Å². The van der Waals surface area contributed by atoms with Crippen LogP contribution in [0, 0.1) is 11.3 Å². The molecule has 1 aliphatic heterocycles. The van der Waals surface area contributed by atoms with Gasteiger partial charge >= 0.3 is 0 Å². The van der Waals surface area contributed by atoms with Crippen molar-refractivity contribution in [2.24, 2.45) is 0 Å². The highest BCUT2D eigenvalue weighted by atomic mass is 79.9. The quantitative estimate of drug-likeness (QED) is 0.668. The van der Waals surface area contributed by atoms with E-state index in [1.807, 2.05) is 30.3 Å². The molecule has 0 aliphatic carbocycles. The summed E-state index contributed by atoms with van der Waals surface area (Å²) in [5.74, 6) is 1.98. The summed E-state index contributed by atoms with van der Waals surface area (Å²) >= 11 is 3.45. The number of benzene rings is 1. The van der Waals surface area contributed by atoms with E-state index >= 15 is 0 Å². The number of anilines is 1. The van der Waals surface area contributed by atoms with Gasteiger partial charge in [-0.3, -0.25) is 0 Å². The van der Waals surface area contributed by atoms with Crippen LogP contribution in [0.3, 0.4) is 0 Å². The predicted octanol–water partition coefficient (Wildman–Crippen LogP) is 3.50. The summed E-state index contributed by atoms with van der Waals surface area (Å²) in [5.41, 5.74) is 0.891. The second-order valence-corrected chi connectivity index (χ2v) is 6.58. The predicted molar refractivity (Wildman–Crippen MR) is 93.5 cm³/mol. The lowest BCUT2D eigenvalue weighted by Crippen LogP contribution is -2.24. The minimum absolute atomic E-state index is 0.0464. The average molecular weight is 397 g/mol. The van der Waals surface area contributed by atoms with Crippen molar-refractivity contribution in [2.45, 2.75) is 18.9 Å². The first-order valence-electron chi connectivity index (χ1n) is 7.84. The Labute approximate surface area is 152 Å². The Morgan fingerprint density at radius 2 is 2.20 bits per heavy atom. The minimum Gasteiger partial charge on any atom is -0.344 e. The lowest BCUT2D eigenvalue weighted by molar-refractivity contribution is 0.354. The molecule has 124 valence electrons. The first-order valence-corrected chi connectivity index (χ1v) is 8.63. The number of nitrogens with zero attached hydrogens (tertiary/aromatic N) is 6. The Balaban J connectivity index is 1.64. The van der Waals surface area contributed by atoms with E-state index in [1.54, 1.807) is 12.3 Å². The molecule has 1 aromatic carbocycles. The van der Waals surface area contributed by atoms with E-state index in [0.717, 1.165) is 29.4 Å². The molecule has 1 atom stereocenters. The summed E-state index contributed by atoms with van der Waals surface area (Å²) < 4.78 is 6.49. The fraction of sp³-hybridized carbons (Fsp3) is 0.235. The van der Waals surface area contributed by atoms with Crippen LogP contribution < -0.4 is 4.90 Å². The zero-order valence-corrected chi connectivity index (χ0v) is 14.7. The summed E-state index contributed by atoms with van der Waals surface area (Å²) in [5, 5.41) is 13.1. The molecule has 0 bridgehead atoms. The van der Waals surface area contributed by atoms with Crippen LogP contribution in [0.4, 0.5) is 5.82 Å². The number of nitriles is 1. The Bertz CT molecular complexity index is 950. The summed E-state index contributed by atoms with van der Waals surface area (Å²) in [6.07, 6.45) is 3.48. The smallest absolute Gasteiger partial charge is 0.249 e. The molecule has 7 nitrogen and oxygen atoms in total. The lowest BCUT2D eigenvalue weighted by Gasteiger charge is -2.22. The van der Waals surface area contributed by atoms with Crippen molar-refractivity contribution < 1.29 is 4.52 Å². The minimum atomic E-state index is -0.0464. The van der Waals surface area contributed by atoms with Gasteiger partial charge in [-0.15, -0.1) is 0 Å². The molecule has 2 aromatic heterocycles. The molecular formula is C17H13BrN6O. The molecule has 3 heterocycles. The monoisotopic (exact) mass is 396 g/mol. The van der Waals surface area contributed by atoms with Crippen molar-refractivity contribution in [3.05, 3.63) is 52.7 Å². The van der Waals surface area contributed by atoms with E-state index in [9.17, 15) is 0 Å². The average Bonchev–Trinajstić information content (AvgIpc) is 3.31. The standard InChI is InChI=1S/C17H13BrN6O/c18-12-4-1-3-11(9-12)16-22-17(25-23-16)13-5-2-8-24(13)15-6-7-20-14(10-19)21-15/h1,3-4,6-7,9,13H,2,5,8H2. The van der Waals surface area contributed by atoms with Gasteiger partial charge in [0.1, 0.15) is 17.9 Å². The highest BCUT2D eigenvalue weighted by molar-refractivity contribution is 9.10. The normalized spacial score (nSPS) is 16.8. The molecule has 8 heteroatoms. The van der Waals surface area contributed by atoms with Crippen LogP contribution >= 0.6 is 15.9 Å².